The van der Waals surface area contributed by atoms with Gasteiger partial charge in [0, 0.05) is 17.9 Å². The molecule has 1 N–H and O–H groups in total. The largest absolute Gasteiger partial charge is 0.326 e. The van der Waals surface area contributed by atoms with Crippen molar-refractivity contribution in [3.63, 3.8) is 0 Å². The second-order valence-corrected chi connectivity index (χ2v) is 4.85. The summed E-state index contributed by atoms with van der Waals surface area (Å²) in [6.07, 6.45) is 3.24. The lowest BCUT2D eigenvalue weighted by Gasteiger charge is -2.04. The average molecular weight is 260 g/mol. The van der Waals surface area contributed by atoms with Crippen LogP contribution in [0.1, 0.15) is 18.4 Å². The van der Waals surface area contributed by atoms with Crippen LogP contribution in [0.2, 0.25) is 0 Å². The smallest absolute Gasteiger partial charge is 0.224 e. The lowest BCUT2D eigenvalue weighted by Crippen LogP contribution is -2.11. The monoisotopic (exact) mass is 260 g/mol. The van der Waals surface area contributed by atoms with Crippen molar-refractivity contribution in [1.29, 1.82) is 5.26 Å². The van der Waals surface area contributed by atoms with Crippen molar-refractivity contribution in [2.45, 2.75) is 12.8 Å². The van der Waals surface area contributed by atoms with Gasteiger partial charge in [-0.05, 0) is 36.4 Å². The van der Waals surface area contributed by atoms with Crippen molar-refractivity contribution in [1.82, 2.24) is 0 Å². The van der Waals surface area contributed by atoms with Gasteiger partial charge in [0.2, 0.25) is 5.91 Å². The molecular weight excluding hydrogens is 244 g/mol. The fraction of sp³-hybridized carbons (Fsp3) is 0.286. The van der Waals surface area contributed by atoms with Gasteiger partial charge in [0.05, 0.1) is 11.6 Å². The van der Waals surface area contributed by atoms with Crippen molar-refractivity contribution in [2.24, 2.45) is 0 Å². The molecule has 0 fully saturated rings. The standard InChI is InChI=1S/C14H16N2OS/c1-2-9-18-10-3-4-14(17)16-13-7-5-12(11-15)6-8-13/h2,5-8H,1,3-4,9-10H2,(H,16,17). The van der Waals surface area contributed by atoms with Crippen LogP contribution in [0, 0.1) is 11.3 Å². The van der Waals surface area contributed by atoms with Crippen LogP contribution in [-0.4, -0.2) is 17.4 Å². The van der Waals surface area contributed by atoms with E-state index in [1.165, 1.54) is 0 Å². The highest BCUT2D eigenvalue weighted by atomic mass is 32.2. The molecule has 1 aromatic carbocycles. The number of hydrogen-bond donors (Lipinski definition) is 1. The Balaban J connectivity index is 2.27. The molecule has 0 heterocycles. The number of rotatable bonds is 7. The summed E-state index contributed by atoms with van der Waals surface area (Å²) in [6.45, 7) is 3.64. The highest BCUT2D eigenvalue weighted by Gasteiger charge is 2.02. The van der Waals surface area contributed by atoms with Gasteiger partial charge in [-0.25, -0.2) is 0 Å². The molecule has 0 aromatic heterocycles. The third kappa shape index (κ3) is 5.55. The minimum atomic E-state index is 0.0129. The number of nitrogens with zero attached hydrogens (tertiary/aromatic N) is 1. The number of nitrogens with one attached hydrogen (secondary N) is 1. The molecule has 0 atom stereocenters. The number of anilines is 1. The quantitative estimate of drug-likeness (QED) is 0.605. The van der Waals surface area contributed by atoms with E-state index >= 15 is 0 Å². The highest BCUT2D eigenvalue weighted by molar-refractivity contribution is 7.99. The summed E-state index contributed by atoms with van der Waals surface area (Å²) < 4.78 is 0. The zero-order valence-electron chi connectivity index (χ0n) is 10.2. The Labute approximate surface area is 112 Å². The van der Waals surface area contributed by atoms with Gasteiger partial charge in [-0.15, -0.1) is 6.58 Å². The molecule has 0 saturated carbocycles. The fourth-order valence-corrected chi connectivity index (χ4v) is 2.03. The first kappa shape index (κ1) is 14.3. The van der Waals surface area contributed by atoms with Gasteiger partial charge in [-0.1, -0.05) is 6.08 Å². The summed E-state index contributed by atoms with van der Waals surface area (Å²) in [6, 6.07) is 8.90. The van der Waals surface area contributed by atoms with Crippen LogP contribution in [0.5, 0.6) is 0 Å². The summed E-state index contributed by atoms with van der Waals surface area (Å²) in [5.41, 5.74) is 1.33. The Morgan fingerprint density at radius 3 is 2.78 bits per heavy atom. The number of amides is 1. The number of nitriles is 1. The van der Waals surface area contributed by atoms with Crippen LogP contribution in [0.15, 0.2) is 36.9 Å². The topological polar surface area (TPSA) is 52.9 Å². The Morgan fingerprint density at radius 1 is 1.44 bits per heavy atom. The molecule has 18 heavy (non-hydrogen) atoms. The Hall–Kier alpha value is -1.73. The summed E-state index contributed by atoms with van der Waals surface area (Å²) in [4.78, 5) is 11.6. The summed E-state index contributed by atoms with van der Waals surface area (Å²) >= 11 is 1.77. The van der Waals surface area contributed by atoms with Crippen LogP contribution in [-0.2, 0) is 4.79 Å². The van der Waals surface area contributed by atoms with Crippen LogP contribution >= 0.6 is 11.8 Å². The summed E-state index contributed by atoms with van der Waals surface area (Å²) in [7, 11) is 0. The first-order valence-corrected chi connectivity index (χ1v) is 6.90. The van der Waals surface area contributed by atoms with E-state index < -0.39 is 0 Å². The molecule has 0 aliphatic rings. The van der Waals surface area contributed by atoms with Crippen LogP contribution in [0.4, 0.5) is 5.69 Å². The van der Waals surface area contributed by atoms with Crippen molar-refractivity contribution < 1.29 is 4.79 Å². The zero-order valence-corrected chi connectivity index (χ0v) is 11.0. The molecule has 1 aromatic rings. The zero-order chi connectivity index (χ0) is 13.2. The predicted molar refractivity (Wildman–Crippen MR) is 76.5 cm³/mol. The highest BCUT2D eigenvalue weighted by Crippen LogP contribution is 2.10. The van der Waals surface area contributed by atoms with Gasteiger partial charge < -0.3 is 5.32 Å². The minimum absolute atomic E-state index is 0.0129. The second-order valence-electron chi connectivity index (χ2n) is 3.70. The Bertz CT molecular complexity index is 434. The third-order valence-electron chi connectivity index (χ3n) is 2.23. The molecule has 94 valence electrons. The maximum Gasteiger partial charge on any atom is 0.224 e. The van der Waals surface area contributed by atoms with Gasteiger partial charge in [-0.2, -0.15) is 17.0 Å². The molecule has 0 spiro atoms. The first-order chi connectivity index (χ1) is 8.76. The van der Waals surface area contributed by atoms with Crippen molar-refractivity contribution >= 4 is 23.4 Å². The molecule has 0 unspecified atom stereocenters. The van der Waals surface area contributed by atoms with E-state index in [0.717, 1.165) is 23.6 Å². The Morgan fingerprint density at radius 2 is 2.17 bits per heavy atom. The molecule has 1 rings (SSSR count). The minimum Gasteiger partial charge on any atom is -0.326 e. The number of carbonyl (C=O) groups excluding carboxylic acids is 1. The van der Waals surface area contributed by atoms with Gasteiger partial charge in [-0.3, -0.25) is 4.79 Å². The molecule has 0 aliphatic carbocycles. The molecule has 3 nitrogen and oxygen atoms in total. The molecule has 0 bridgehead atoms. The maximum atomic E-state index is 11.6. The van der Waals surface area contributed by atoms with Crippen LogP contribution in [0.25, 0.3) is 0 Å². The number of thioether (sulfide) groups is 1. The fourth-order valence-electron chi connectivity index (χ4n) is 1.35. The van der Waals surface area contributed by atoms with E-state index in [2.05, 4.69) is 11.9 Å². The van der Waals surface area contributed by atoms with E-state index in [1.54, 1.807) is 36.0 Å². The van der Waals surface area contributed by atoms with E-state index in [1.807, 2.05) is 12.1 Å². The SMILES string of the molecule is C=CCSCCCC(=O)Nc1ccc(C#N)cc1. The lowest BCUT2D eigenvalue weighted by molar-refractivity contribution is -0.116. The van der Waals surface area contributed by atoms with Gasteiger partial charge >= 0.3 is 0 Å². The van der Waals surface area contributed by atoms with E-state index in [-0.39, 0.29) is 5.91 Å². The maximum absolute atomic E-state index is 11.6. The summed E-state index contributed by atoms with van der Waals surface area (Å²) in [5.74, 6) is 1.91. The lowest BCUT2D eigenvalue weighted by atomic mass is 10.2. The summed E-state index contributed by atoms with van der Waals surface area (Å²) in [5, 5.41) is 11.5. The van der Waals surface area contributed by atoms with Crippen LogP contribution < -0.4 is 5.32 Å². The molecule has 0 saturated heterocycles. The van der Waals surface area contributed by atoms with E-state index in [0.29, 0.717) is 12.0 Å². The van der Waals surface area contributed by atoms with E-state index in [9.17, 15) is 4.79 Å². The van der Waals surface area contributed by atoms with Crippen molar-refractivity contribution in [3.05, 3.63) is 42.5 Å². The van der Waals surface area contributed by atoms with Gasteiger partial charge in [0.1, 0.15) is 0 Å². The third-order valence-corrected chi connectivity index (χ3v) is 3.27. The van der Waals surface area contributed by atoms with Crippen LogP contribution in [0.3, 0.4) is 0 Å². The Kier molecular flexibility index (Phi) is 6.67. The molecule has 0 aliphatic heterocycles. The molecular formula is C14H16N2OS. The number of carbonyl (C=O) groups is 1. The second kappa shape index (κ2) is 8.37. The molecule has 1 amide bonds. The van der Waals surface area contributed by atoms with Gasteiger partial charge in [0.15, 0.2) is 0 Å². The number of hydrogen-bond acceptors (Lipinski definition) is 3. The number of benzene rings is 1. The molecule has 0 radical (unpaired) electrons. The first-order valence-electron chi connectivity index (χ1n) is 5.75. The van der Waals surface area contributed by atoms with Gasteiger partial charge in [0.25, 0.3) is 0 Å². The predicted octanol–water partition coefficient (Wildman–Crippen LogP) is 3.20. The molecule has 4 heteroatoms. The van der Waals surface area contributed by atoms with Crippen molar-refractivity contribution in [2.75, 3.05) is 16.8 Å². The average Bonchev–Trinajstić information content (AvgIpc) is 2.39. The normalized spacial score (nSPS) is 9.50. The van der Waals surface area contributed by atoms with E-state index in [4.69, 9.17) is 5.26 Å². The van der Waals surface area contributed by atoms with Crippen molar-refractivity contribution in [3.8, 4) is 6.07 Å².